The number of hydrogen-bond donors (Lipinski definition) is 1. The van der Waals surface area contributed by atoms with Gasteiger partial charge in [-0.3, -0.25) is 9.59 Å². The Hall–Kier alpha value is -3.07. The second-order valence-corrected chi connectivity index (χ2v) is 6.98. The minimum Gasteiger partial charge on any atom is -0.368 e. The van der Waals surface area contributed by atoms with Crippen LogP contribution in [0.2, 0.25) is 0 Å². The number of ether oxygens (including phenoxy) is 1. The number of nitrogens with zero attached hydrogens (tertiary/aromatic N) is 4. The van der Waals surface area contributed by atoms with E-state index in [0.717, 1.165) is 0 Å². The van der Waals surface area contributed by atoms with Crippen LogP contribution in [0.25, 0.3) is 11.1 Å². The lowest BCUT2D eigenvalue weighted by atomic mass is 10.0. The first-order valence-electron chi connectivity index (χ1n) is 9.29. The van der Waals surface area contributed by atoms with Gasteiger partial charge in [0, 0.05) is 39.3 Å². The van der Waals surface area contributed by atoms with Crippen LogP contribution in [0.1, 0.15) is 18.7 Å². The van der Waals surface area contributed by atoms with E-state index in [1.54, 1.807) is 28.1 Å². The molecule has 1 aliphatic heterocycles. The Morgan fingerprint density at radius 3 is 2.86 bits per heavy atom. The largest absolute Gasteiger partial charge is 0.368 e. The number of morpholine rings is 1. The molecular weight excluding hydrogens is 377 g/mol. The summed E-state index contributed by atoms with van der Waals surface area (Å²) in [5.41, 5.74) is 1.87. The molecule has 1 saturated heterocycles. The summed E-state index contributed by atoms with van der Waals surface area (Å²) in [7, 11) is 3.65. The molecule has 1 aromatic heterocycles. The Bertz CT molecular complexity index is 905. The number of rotatable bonds is 5. The molecule has 1 atom stereocenters. The molecule has 1 fully saturated rings. The molecule has 2 aromatic rings. The fourth-order valence-corrected chi connectivity index (χ4v) is 3.08. The van der Waals surface area contributed by atoms with Crippen molar-refractivity contribution in [3.05, 3.63) is 42.0 Å². The molecule has 1 aliphatic rings. The lowest BCUT2D eigenvalue weighted by Gasteiger charge is -2.33. The molecule has 0 saturated carbocycles. The van der Waals surface area contributed by atoms with E-state index in [9.17, 15) is 14.0 Å². The van der Waals surface area contributed by atoms with E-state index in [4.69, 9.17) is 4.74 Å². The fraction of sp³-hybridized carbons (Fsp3) is 0.400. The van der Waals surface area contributed by atoms with Gasteiger partial charge in [-0.2, -0.15) is 0 Å². The second kappa shape index (κ2) is 8.95. The highest BCUT2D eigenvalue weighted by Gasteiger charge is 2.29. The molecule has 154 valence electrons. The molecule has 0 spiro atoms. The average Bonchev–Trinajstić information content (AvgIpc) is 2.71. The van der Waals surface area contributed by atoms with Crippen molar-refractivity contribution in [2.24, 2.45) is 0 Å². The normalized spacial score (nSPS) is 16.4. The average molecular weight is 401 g/mol. The van der Waals surface area contributed by atoms with Gasteiger partial charge >= 0.3 is 0 Å². The molecule has 8 nitrogen and oxygen atoms in total. The molecule has 0 aliphatic carbocycles. The maximum atomic E-state index is 13.8. The number of carbonyl (C=O) groups excluding carboxylic acids is 2. The number of hydrogen-bond acceptors (Lipinski definition) is 6. The van der Waals surface area contributed by atoms with Crippen molar-refractivity contribution in [2.75, 3.05) is 45.2 Å². The summed E-state index contributed by atoms with van der Waals surface area (Å²) in [5.74, 6) is -0.321. The van der Waals surface area contributed by atoms with Crippen LogP contribution in [0.3, 0.4) is 0 Å². The van der Waals surface area contributed by atoms with E-state index < -0.39 is 6.10 Å². The van der Waals surface area contributed by atoms with E-state index in [2.05, 4.69) is 15.3 Å². The molecule has 1 unspecified atom stereocenters. The van der Waals surface area contributed by atoms with Gasteiger partial charge in [0.25, 0.3) is 0 Å². The third-order valence-electron chi connectivity index (χ3n) is 4.55. The van der Waals surface area contributed by atoms with Crippen molar-refractivity contribution in [1.82, 2.24) is 20.2 Å². The maximum absolute atomic E-state index is 13.8. The molecule has 1 N–H and O–H groups in total. The van der Waals surface area contributed by atoms with Gasteiger partial charge in [0.2, 0.25) is 17.8 Å². The van der Waals surface area contributed by atoms with Gasteiger partial charge in [0.15, 0.2) is 0 Å². The van der Waals surface area contributed by atoms with Crippen molar-refractivity contribution >= 4 is 17.8 Å². The van der Waals surface area contributed by atoms with Gasteiger partial charge in [-0.05, 0) is 17.7 Å². The van der Waals surface area contributed by atoms with Crippen molar-refractivity contribution in [2.45, 2.75) is 13.0 Å². The highest BCUT2D eigenvalue weighted by atomic mass is 19.1. The molecule has 29 heavy (non-hydrogen) atoms. The van der Waals surface area contributed by atoms with Crippen molar-refractivity contribution in [3.63, 3.8) is 0 Å². The topological polar surface area (TPSA) is 87.7 Å². The van der Waals surface area contributed by atoms with Crippen LogP contribution in [-0.2, 0) is 14.3 Å². The number of halogens is 1. The number of benzene rings is 1. The van der Waals surface area contributed by atoms with E-state index in [-0.39, 0.29) is 30.7 Å². The van der Waals surface area contributed by atoms with Crippen LogP contribution >= 0.6 is 0 Å². The van der Waals surface area contributed by atoms with Crippen LogP contribution < -0.4 is 10.2 Å². The molecule has 1 aromatic carbocycles. The summed E-state index contributed by atoms with van der Waals surface area (Å²) in [6, 6.07) is 6.19. The summed E-state index contributed by atoms with van der Waals surface area (Å²) in [6.07, 6.45) is 1.15. The van der Waals surface area contributed by atoms with Crippen LogP contribution in [0.5, 0.6) is 0 Å². The van der Waals surface area contributed by atoms with Crippen LogP contribution in [0, 0.1) is 5.82 Å². The van der Waals surface area contributed by atoms with Crippen molar-refractivity contribution in [3.8, 4) is 11.1 Å². The van der Waals surface area contributed by atoms with E-state index in [1.807, 2.05) is 14.1 Å². The monoisotopic (exact) mass is 401 g/mol. The van der Waals surface area contributed by atoms with Crippen LogP contribution in [0.4, 0.5) is 10.3 Å². The third kappa shape index (κ3) is 5.05. The molecule has 2 heterocycles. The number of anilines is 1. The third-order valence-corrected chi connectivity index (χ3v) is 4.55. The van der Waals surface area contributed by atoms with Gasteiger partial charge < -0.3 is 19.9 Å². The van der Waals surface area contributed by atoms with Crippen molar-refractivity contribution < 1.29 is 18.7 Å². The lowest BCUT2D eigenvalue weighted by molar-refractivity contribution is -0.139. The predicted octanol–water partition coefficient (Wildman–Crippen LogP) is 1.38. The Morgan fingerprint density at radius 2 is 2.17 bits per heavy atom. The SMILES string of the molecule is CC(=O)NCC(=O)N1CCOC(c2nc(N(C)C)ncc2-c2cccc(F)c2)C1. The lowest BCUT2D eigenvalue weighted by Crippen LogP contribution is -2.46. The fourth-order valence-electron chi connectivity index (χ4n) is 3.08. The van der Waals surface area contributed by atoms with Gasteiger partial charge in [-0.25, -0.2) is 14.4 Å². The van der Waals surface area contributed by atoms with E-state index in [1.165, 1.54) is 19.1 Å². The van der Waals surface area contributed by atoms with Crippen LogP contribution in [0.15, 0.2) is 30.5 Å². The van der Waals surface area contributed by atoms with Gasteiger partial charge in [0.05, 0.1) is 25.4 Å². The Labute approximate surface area is 168 Å². The first kappa shape index (κ1) is 20.7. The molecule has 0 bridgehead atoms. The Kier molecular flexibility index (Phi) is 6.38. The molecule has 0 radical (unpaired) electrons. The summed E-state index contributed by atoms with van der Waals surface area (Å²) in [4.78, 5) is 35.9. The summed E-state index contributed by atoms with van der Waals surface area (Å²) in [5, 5.41) is 2.52. The van der Waals surface area contributed by atoms with Gasteiger partial charge in [0.1, 0.15) is 11.9 Å². The Balaban J connectivity index is 1.92. The van der Waals surface area contributed by atoms with Crippen molar-refractivity contribution in [1.29, 1.82) is 0 Å². The molecule has 2 amide bonds. The number of amides is 2. The molecule has 9 heteroatoms. The highest BCUT2D eigenvalue weighted by molar-refractivity contribution is 5.83. The second-order valence-electron chi connectivity index (χ2n) is 6.98. The highest BCUT2D eigenvalue weighted by Crippen LogP contribution is 2.31. The quantitative estimate of drug-likeness (QED) is 0.815. The van der Waals surface area contributed by atoms with Crippen LogP contribution in [-0.4, -0.2) is 67.0 Å². The van der Waals surface area contributed by atoms with Gasteiger partial charge in [-0.1, -0.05) is 12.1 Å². The predicted molar refractivity (Wildman–Crippen MR) is 106 cm³/mol. The zero-order chi connectivity index (χ0) is 21.0. The maximum Gasteiger partial charge on any atom is 0.242 e. The minimum absolute atomic E-state index is 0.0640. The minimum atomic E-state index is -0.495. The molecular formula is C20H24FN5O3. The summed E-state index contributed by atoms with van der Waals surface area (Å²) < 4.78 is 19.7. The smallest absolute Gasteiger partial charge is 0.242 e. The van der Waals surface area contributed by atoms with Gasteiger partial charge in [-0.15, -0.1) is 0 Å². The molecule has 3 rings (SSSR count). The summed E-state index contributed by atoms with van der Waals surface area (Å²) >= 11 is 0. The Morgan fingerprint density at radius 1 is 1.38 bits per heavy atom. The first-order valence-corrected chi connectivity index (χ1v) is 9.29. The summed E-state index contributed by atoms with van der Waals surface area (Å²) in [6.45, 7) is 2.34. The van der Waals surface area contributed by atoms with E-state index in [0.29, 0.717) is 35.9 Å². The zero-order valence-electron chi connectivity index (χ0n) is 16.7. The number of carbonyl (C=O) groups is 2. The number of nitrogens with one attached hydrogen (secondary N) is 1. The first-order chi connectivity index (χ1) is 13.8. The zero-order valence-corrected chi connectivity index (χ0v) is 16.7. The standard InChI is InChI=1S/C20H24FN5O3/c1-13(27)22-11-18(28)26-7-8-29-17(12-26)19-16(10-23-20(24-19)25(2)3)14-5-4-6-15(21)9-14/h4-6,9-10,17H,7-8,11-12H2,1-3H3,(H,22,27). The van der Waals surface area contributed by atoms with E-state index >= 15 is 0 Å². The number of aromatic nitrogens is 2.